The fourth-order valence-corrected chi connectivity index (χ4v) is 2.64. The Morgan fingerprint density at radius 3 is 2.74 bits per heavy atom. The van der Waals surface area contributed by atoms with Crippen molar-refractivity contribution >= 4 is 0 Å². The molecule has 0 amide bonds. The van der Waals surface area contributed by atoms with E-state index in [1.54, 1.807) is 7.11 Å². The van der Waals surface area contributed by atoms with Crippen LogP contribution < -0.4 is 14.8 Å². The number of methoxy groups -OCH3 is 1. The lowest BCUT2D eigenvalue weighted by Crippen LogP contribution is -2.44. The Labute approximate surface area is 138 Å². The highest BCUT2D eigenvalue weighted by Gasteiger charge is 2.29. The highest BCUT2D eigenvalue weighted by molar-refractivity contribution is 5.42. The van der Waals surface area contributed by atoms with Gasteiger partial charge >= 0.3 is 0 Å². The molecule has 0 bridgehead atoms. The Kier molecular flexibility index (Phi) is 7.15. The standard InChI is InChI=1S/C18H29NO4/c1-3-4-9-23-16-6-5-15(12-17(16)21-2)13-19-14-18(20)7-10-22-11-8-18/h5-6,12,19-20H,3-4,7-11,13-14H2,1-2H3. The Morgan fingerprint density at radius 1 is 1.26 bits per heavy atom. The molecule has 2 N–H and O–H groups in total. The van der Waals surface area contributed by atoms with Gasteiger partial charge in [-0.15, -0.1) is 0 Å². The van der Waals surface area contributed by atoms with E-state index in [0.29, 0.717) is 45.8 Å². The van der Waals surface area contributed by atoms with Crippen molar-refractivity contribution in [3.63, 3.8) is 0 Å². The van der Waals surface area contributed by atoms with Crippen LogP contribution in [0.15, 0.2) is 18.2 Å². The molecule has 0 atom stereocenters. The number of benzene rings is 1. The summed E-state index contributed by atoms with van der Waals surface area (Å²) in [5.74, 6) is 1.54. The molecule has 1 heterocycles. The van der Waals surface area contributed by atoms with Crippen molar-refractivity contribution in [2.75, 3.05) is 33.5 Å². The highest BCUT2D eigenvalue weighted by Crippen LogP contribution is 2.28. The molecule has 130 valence electrons. The van der Waals surface area contributed by atoms with Crippen LogP contribution in [-0.4, -0.2) is 44.2 Å². The molecule has 0 spiro atoms. The van der Waals surface area contributed by atoms with Gasteiger partial charge in [-0.3, -0.25) is 0 Å². The number of ether oxygens (including phenoxy) is 3. The zero-order valence-corrected chi connectivity index (χ0v) is 14.3. The first-order valence-electron chi connectivity index (χ1n) is 8.47. The summed E-state index contributed by atoms with van der Waals surface area (Å²) >= 11 is 0. The van der Waals surface area contributed by atoms with Crippen molar-refractivity contribution in [3.05, 3.63) is 23.8 Å². The molecule has 0 aromatic heterocycles. The van der Waals surface area contributed by atoms with Gasteiger partial charge in [-0.25, -0.2) is 0 Å². The number of unbranched alkanes of at least 4 members (excludes halogenated alkanes) is 1. The first-order chi connectivity index (χ1) is 11.2. The largest absolute Gasteiger partial charge is 0.493 e. The lowest BCUT2D eigenvalue weighted by atomic mass is 9.94. The average molecular weight is 323 g/mol. The SMILES string of the molecule is CCCCOc1ccc(CNCC2(O)CCOCC2)cc1OC. The van der Waals surface area contributed by atoms with Gasteiger partial charge in [-0.2, -0.15) is 0 Å². The van der Waals surface area contributed by atoms with Gasteiger partial charge in [0.1, 0.15) is 0 Å². The van der Waals surface area contributed by atoms with Gasteiger partial charge in [-0.05, 0) is 24.1 Å². The van der Waals surface area contributed by atoms with Crippen LogP contribution in [-0.2, 0) is 11.3 Å². The van der Waals surface area contributed by atoms with Crippen LogP contribution in [0.1, 0.15) is 38.2 Å². The summed E-state index contributed by atoms with van der Waals surface area (Å²) < 4.78 is 16.4. The van der Waals surface area contributed by atoms with Gasteiger partial charge in [0.05, 0.1) is 19.3 Å². The van der Waals surface area contributed by atoms with E-state index in [1.165, 1.54) is 0 Å². The van der Waals surface area contributed by atoms with Crippen molar-refractivity contribution < 1.29 is 19.3 Å². The average Bonchev–Trinajstić information content (AvgIpc) is 2.56. The molecule has 0 unspecified atom stereocenters. The molecule has 5 nitrogen and oxygen atoms in total. The molecule has 1 fully saturated rings. The molecular weight excluding hydrogens is 294 g/mol. The molecule has 1 aliphatic rings. The first kappa shape index (κ1) is 18.0. The Morgan fingerprint density at radius 2 is 2.04 bits per heavy atom. The van der Waals surface area contributed by atoms with E-state index in [2.05, 4.69) is 12.2 Å². The third-order valence-corrected chi connectivity index (χ3v) is 4.19. The van der Waals surface area contributed by atoms with Crippen molar-refractivity contribution in [2.45, 2.75) is 44.8 Å². The van der Waals surface area contributed by atoms with Crippen LogP contribution in [0.4, 0.5) is 0 Å². The number of aliphatic hydroxyl groups is 1. The molecular formula is C18H29NO4. The van der Waals surface area contributed by atoms with Gasteiger partial charge in [0.25, 0.3) is 0 Å². The second kappa shape index (κ2) is 9.11. The molecule has 2 rings (SSSR count). The molecule has 0 saturated carbocycles. The topological polar surface area (TPSA) is 60.0 Å². The zero-order valence-electron chi connectivity index (χ0n) is 14.3. The van der Waals surface area contributed by atoms with E-state index in [9.17, 15) is 5.11 Å². The summed E-state index contributed by atoms with van der Waals surface area (Å²) in [6, 6.07) is 5.97. The van der Waals surface area contributed by atoms with Crippen molar-refractivity contribution in [1.29, 1.82) is 0 Å². The first-order valence-corrected chi connectivity index (χ1v) is 8.47. The van der Waals surface area contributed by atoms with Gasteiger partial charge in [0.15, 0.2) is 11.5 Å². The molecule has 0 radical (unpaired) electrons. The Balaban J connectivity index is 1.85. The van der Waals surface area contributed by atoms with E-state index < -0.39 is 5.60 Å². The van der Waals surface area contributed by atoms with Gasteiger partial charge < -0.3 is 24.6 Å². The van der Waals surface area contributed by atoms with Crippen LogP contribution in [0.5, 0.6) is 11.5 Å². The maximum absolute atomic E-state index is 10.4. The number of hydrogen-bond donors (Lipinski definition) is 2. The number of rotatable bonds is 9. The highest BCUT2D eigenvalue weighted by atomic mass is 16.5. The summed E-state index contributed by atoms with van der Waals surface area (Å²) in [7, 11) is 1.66. The van der Waals surface area contributed by atoms with Gasteiger partial charge in [0, 0.05) is 39.1 Å². The second-order valence-electron chi connectivity index (χ2n) is 6.13. The van der Waals surface area contributed by atoms with Crippen LogP contribution >= 0.6 is 0 Å². The third kappa shape index (κ3) is 5.68. The van der Waals surface area contributed by atoms with E-state index in [1.807, 2.05) is 18.2 Å². The summed E-state index contributed by atoms with van der Waals surface area (Å²) in [5.41, 5.74) is 0.464. The molecule has 5 heteroatoms. The van der Waals surface area contributed by atoms with E-state index in [0.717, 1.165) is 29.9 Å². The maximum atomic E-state index is 10.4. The van der Waals surface area contributed by atoms with Crippen LogP contribution in [0.3, 0.4) is 0 Å². The third-order valence-electron chi connectivity index (χ3n) is 4.19. The van der Waals surface area contributed by atoms with Crippen molar-refractivity contribution in [3.8, 4) is 11.5 Å². The minimum atomic E-state index is -0.647. The molecule has 23 heavy (non-hydrogen) atoms. The lowest BCUT2D eigenvalue weighted by molar-refractivity contribution is -0.0617. The van der Waals surface area contributed by atoms with Crippen LogP contribution in [0, 0.1) is 0 Å². The fourth-order valence-electron chi connectivity index (χ4n) is 2.64. The summed E-state index contributed by atoms with van der Waals surface area (Å²) in [4.78, 5) is 0. The van der Waals surface area contributed by atoms with E-state index in [4.69, 9.17) is 14.2 Å². The molecule has 1 aromatic carbocycles. The van der Waals surface area contributed by atoms with Crippen LogP contribution in [0.25, 0.3) is 0 Å². The summed E-state index contributed by atoms with van der Waals surface area (Å²) in [6.45, 7) is 5.38. The lowest BCUT2D eigenvalue weighted by Gasteiger charge is -2.32. The minimum absolute atomic E-state index is 0.577. The molecule has 1 aliphatic heterocycles. The minimum Gasteiger partial charge on any atom is -0.493 e. The molecule has 1 aromatic rings. The number of hydrogen-bond acceptors (Lipinski definition) is 5. The quantitative estimate of drug-likeness (QED) is 0.684. The normalized spacial score (nSPS) is 17.0. The smallest absolute Gasteiger partial charge is 0.161 e. The molecule has 0 aliphatic carbocycles. The summed E-state index contributed by atoms with van der Waals surface area (Å²) in [6.07, 6.45) is 3.52. The van der Waals surface area contributed by atoms with E-state index in [-0.39, 0.29) is 0 Å². The second-order valence-corrected chi connectivity index (χ2v) is 6.13. The van der Waals surface area contributed by atoms with Crippen LogP contribution in [0.2, 0.25) is 0 Å². The van der Waals surface area contributed by atoms with E-state index >= 15 is 0 Å². The molecule has 1 saturated heterocycles. The monoisotopic (exact) mass is 323 g/mol. The van der Waals surface area contributed by atoms with Gasteiger partial charge in [0.2, 0.25) is 0 Å². The summed E-state index contributed by atoms with van der Waals surface area (Å²) in [5, 5.41) is 13.8. The van der Waals surface area contributed by atoms with Crippen molar-refractivity contribution in [1.82, 2.24) is 5.32 Å². The fraction of sp³-hybridized carbons (Fsp3) is 0.667. The number of nitrogens with one attached hydrogen (secondary N) is 1. The van der Waals surface area contributed by atoms with Crippen molar-refractivity contribution in [2.24, 2.45) is 0 Å². The van der Waals surface area contributed by atoms with Gasteiger partial charge in [-0.1, -0.05) is 19.4 Å². The Bertz CT molecular complexity index is 472. The predicted octanol–water partition coefficient (Wildman–Crippen LogP) is 2.51. The zero-order chi connectivity index (χ0) is 16.5. The Hall–Kier alpha value is -1.30. The predicted molar refractivity (Wildman–Crippen MR) is 90.1 cm³/mol. The maximum Gasteiger partial charge on any atom is 0.161 e.